The van der Waals surface area contributed by atoms with Gasteiger partial charge >= 0.3 is 11.9 Å². The normalized spacial score (nSPS) is 21.0. The van der Waals surface area contributed by atoms with Crippen LogP contribution in [0.3, 0.4) is 0 Å². The van der Waals surface area contributed by atoms with Crippen molar-refractivity contribution in [3.63, 3.8) is 0 Å². The molecule has 13 heteroatoms. The molecule has 1 heterocycles. The lowest BCUT2D eigenvalue weighted by atomic mass is 10.00. The van der Waals surface area contributed by atoms with Crippen LogP contribution in [0.2, 0.25) is 0 Å². The van der Waals surface area contributed by atoms with Gasteiger partial charge in [-0.2, -0.15) is 8.42 Å². The number of unbranched alkanes of at least 4 members (excludes halogenated alkanes) is 19. The van der Waals surface area contributed by atoms with Crippen LogP contribution in [-0.2, 0) is 38.7 Å². The van der Waals surface area contributed by atoms with E-state index in [4.69, 9.17) is 18.9 Å². The Hall–Kier alpha value is -1.87. The Balaban J connectivity index is 2.50. The van der Waals surface area contributed by atoms with Crippen molar-refractivity contribution in [2.75, 3.05) is 19.0 Å². The minimum atomic E-state index is -4.60. The third-order valence-electron chi connectivity index (χ3n) is 9.78. The van der Waals surface area contributed by atoms with E-state index in [9.17, 15) is 37.9 Å². The predicted molar refractivity (Wildman–Crippen MR) is 215 cm³/mol. The van der Waals surface area contributed by atoms with E-state index in [1.807, 2.05) is 0 Å². The Bertz CT molecular complexity index is 1130. The van der Waals surface area contributed by atoms with E-state index in [1.54, 1.807) is 0 Å². The summed E-state index contributed by atoms with van der Waals surface area (Å²) in [6.07, 6.45) is 25.2. The lowest BCUT2D eigenvalue weighted by Gasteiger charge is -2.40. The second-order valence-electron chi connectivity index (χ2n) is 15.0. The van der Waals surface area contributed by atoms with Crippen molar-refractivity contribution in [1.82, 2.24) is 0 Å². The number of carbonyl (C=O) groups excluding carboxylic acids is 2. The summed E-state index contributed by atoms with van der Waals surface area (Å²) in [7, 11) is -4.60. The van der Waals surface area contributed by atoms with Crippen molar-refractivity contribution < 1.29 is 56.8 Å². The Labute approximate surface area is 332 Å². The molecule has 0 spiro atoms. The van der Waals surface area contributed by atoms with Gasteiger partial charge in [0.2, 0.25) is 0 Å². The van der Waals surface area contributed by atoms with Crippen molar-refractivity contribution in [2.24, 2.45) is 0 Å². The van der Waals surface area contributed by atoms with Gasteiger partial charge in [0.05, 0.1) is 6.61 Å². The van der Waals surface area contributed by atoms with Gasteiger partial charge < -0.3 is 34.3 Å². The molecule has 0 aromatic carbocycles. The molecule has 4 N–H and O–H groups in total. The van der Waals surface area contributed by atoms with E-state index in [2.05, 4.69) is 38.2 Å². The number of carbonyl (C=O) groups is 2. The molecule has 0 aromatic rings. The summed E-state index contributed by atoms with van der Waals surface area (Å²) in [4.78, 5) is 25.3. The van der Waals surface area contributed by atoms with E-state index >= 15 is 0 Å². The number of ether oxygens (including phenoxy) is 4. The molecule has 1 fully saturated rings. The zero-order chi connectivity index (χ0) is 40.6. The largest absolute Gasteiger partial charge is 0.462 e. The van der Waals surface area contributed by atoms with E-state index in [1.165, 1.54) is 89.9 Å². The first-order chi connectivity index (χ1) is 26.5. The molecule has 0 radical (unpaired) electrons. The third-order valence-corrected chi connectivity index (χ3v) is 10.5. The van der Waals surface area contributed by atoms with Gasteiger partial charge in [-0.1, -0.05) is 141 Å². The van der Waals surface area contributed by atoms with E-state index in [0.29, 0.717) is 12.8 Å². The molecule has 0 aromatic heterocycles. The molecule has 1 saturated heterocycles. The summed E-state index contributed by atoms with van der Waals surface area (Å²) >= 11 is 0. The molecule has 0 amide bonds. The Morgan fingerprint density at radius 1 is 0.618 bits per heavy atom. The number of hydrogen-bond acceptors (Lipinski definition) is 11. The fourth-order valence-electron chi connectivity index (χ4n) is 6.41. The maximum absolute atomic E-state index is 12.8. The molecular weight excluding hydrogens is 729 g/mol. The summed E-state index contributed by atoms with van der Waals surface area (Å²) in [5.74, 6) is -2.02. The van der Waals surface area contributed by atoms with Crippen molar-refractivity contribution in [1.29, 1.82) is 0 Å². The second kappa shape index (κ2) is 33.1. The minimum Gasteiger partial charge on any atom is -0.462 e. The van der Waals surface area contributed by atoms with Crippen molar-refractivity contribution in [2.45, 2.75) is 211 Å². The molecule has 1 rings (SSSR count). The van der Waals surface area contributed by atoms with Crippen LogP contribution in [0.1, 0.15) is 174 Å². The average molecular weight is 805 g/mol. The van der Waals surface area contributed by atoms with Gasteiger partial charge in [0.25, 0.3) is 10.1 Å². The summed E-state index contributed by atoms with van der Waals surface area (Å²) in [6.45, 7) is 3.71. The number of allylic oxidation sites excluding steroid dienone is 4. The molecule has 12 nitrogen and oxygen atoms in total. The molecule has 0 bridgehead atoms. The minimum absolute atomic E-state index is 0.161. The van der Waals surface area contributed by atoms with Gasteiger partial charge in [0.1, 0.15) is 36.8 Å². The average Bonchev–Trinajstić information content (AvgIpc) is 3.14. The van der Waals surface area contributed by atoms with Crippen LogP contribution in [0.15, 0.2) is 24.3 Å². The van der Waals surface area contributed by atoms with Crippen LogP contribution in [0.5, 0.6) is 0 Å². The molecule has 55 heavy (non-hydrogen) atoms. The van der Waals surface area contributed by atoms with E-state index < -0.39 is 71.2 Å². The summed E-state index contributed by atoms with van der Waals surface area (Å²) in [5.41, 5.74) is 0. The van der Waals surface area contributed by atoms with E-state index in [0.717, 1.165) is 44.9 Å². The highest BCUT2D eigenvalue weighted by Crippen LogP contribution is 2.24. The number of hydrogen-bond donors (Lipinski definition) is 4. The van der Waals surface area contributed by atoms with Crippen LogP contribution in [-0.4, -0.2) is 96.0 Å². The Morgan fingerprint density at radius 3 is 1.64 bits per heavy atom. The number of esters is 2. The SMILES string of the molecule is CCCCCCCC/C=C/C/C=C/CCCCC(=O)OC[C@H](CO[C@H]1O[C@H](CS(=O)(=O)O)[C@@H](O)C(O)C1O)OC(=O)CCCCCCCCCCCCCC. The molecule has 1 aliphatic rings. The van der Waals surface area contributed by atoms with Crippen LogP contribution >= 0.6 is 0 Å². The van der Waals surface area contributed by atoms with Gasteiger partial charge in [0, 0.05) is 12.8 Å². The molecule has 6 atom stereocenters. The molecule has 322 valence electrons. The summed E-state index contributed by atoms with van der Waals surface area (Å²) < 4.78 is 53.9. The van der Waals surface area contributed by atoms with Crippen LogP contribution in [0.25, 0.3) is 0 Å². The topological polar surface area (TPSA) is 186 Å². The third kappa shape index (κ3) is 28.2. The highest BCUT2D eigenvalue weighted by molar-refractivity contribution is 7.85. The quantitative estimate of drug-likeness (QED) is 0.0209. The van der Waals surface area contributed by atoms with Gasteiger partial charge in [0.15, 0.2) is 12.4 Å². The molecular formula is C42H76O12S. The number of aliphatic hydroxyl groups is 3. The zero-order valence-corrected chi connectivity index (χ0v) is 34.9. The lowest BCUT2D eigenvalue weighted by molar-refractivity contribution is -0.297. The molecule has 1 aliphatic heterocycles. The zero-order valence-electron chi connectivity index (χ0n) is 34.0. The fraction of sp³-hybridized carbons (Fsp3) is 0.857. The van der Waals surface area contributed by atoms with Crippen LogP contribution in [0.4, 0.5) is 0 Å². The van der Waals surface area contributed by atoms with Crippen LogP contribution < -0.4 is 0 Å². The van der Waals surface area contributed by atoms with Gasteiger partial charge in [-0.05, 0) is 44.9 Å². The summed E-state index contributed by atoms with van der Waals surface area (Å²) in [5, 5.41) is 30.8. The van der Waals surface area contributed by atoms with Crippen LogP contribution in [0, 0.1) is 0 Å². The maximum Gasteiger partial charge on any atom is 0.306 e. The number of rotatable bonds is 35. The Morgan fingerprint density at radius 2 is 1.09 bits per heavy atom. The smallest absolute Gasteiger partial charge is 0.306 e. The highest BCUT2D eigenvalue weighted by Gasteiger charge is 2.46. The second-order valence-corrected chi connectivity index (χ2v) is 16.5. The number of aliphatic hydroxyl groups excluding tert-OH is 3. The molecule has 0 aliphatic carbocycles. The van der Waals surface area contributed by atoms with Crippen molar-refractivity contribution in [3.05, 3.63) is 24.3 Å². The lowest BCUT2D eigenvalue weighted by Crippen LogP contribution is -2.60. The first kappa shape index (κ1) is 51.1. The first-order valence-corrected chi connectivity index (χ1v) is 23.0. The maximum atomic E-state index is 12.8. The van der Waals surface area contributed by atoms with Gasteiger partial charge in [-0.15, -0.1) is 0 Å². The fourth-order valence-corrected chi connectivity index (χ4v) is 7.10. The van der Waals surface area contributed by atoms with E-state index in [-0.39, 0.29) is 19.4 Å². The van der Waals surface area contributed by atoms with Crippen molar-refractivity contribution in [3.8, 4) is 0 Å². The monoisotopic (exact) mass is 805 g/mol. The predicted octanol–water partition coefficient (Wildman–Crippen LogP) is 8.06. The van der Waals surface area contributed by atoms with Crippen molar-refractivity contribution >= 4 is 22.1 Å². The first-order valence-electron chi connectivity index (χ1n) is 21.4. The molecule has 0 saturated carbocycles. The standard InChI is InChI=1S/C42H76O12S/c1-3-5-7-9-11-13-15-17-18-19-21-22-24-26-28-30-37(43)51-32-35(33-52-42-41(47)40(46)39(45)36(54-42)34-55(48,49)50)53-38(44)31-29-27-25-23-20-16-14-12-10-8-6-4-2/h17-18,21-22,35-36,39-42,45-47H,3-16,19-20,23-34H2,1-2H3,(H,48,49,50)/b18-17+,22-21+/t35-,36-,39-,40?,41?,42+/m1/s1. The summed E-state index contributed by atoms with van der Waals surface area (Å²) in [6, 6.07) is 0. The molecule has 2 unspecified atom stereocenters. The Kier molecular flexibility index (Phi) is 30.8. The highest BCUT2D eigenvalue weighted by atomic mass is 32.2. The van der Waals surface area contributed by atoms with Gasteiger partial charge in [-0.25, -0.2) is 0 Å². The van der Waals surface area contributed by atoms with Gasteiger partial charge in [-0.3, -0.25) is 14.1 Å².